The average Bonchev–Trinajstić information content (AvgIpc) is 2.44. The molecule has 0 fully saturated rings. The molecule has 0 bridgehead atoms. The lowest BCUT2D eigenvalue weighted by Crippen LogP contribution is -2.13. The van der Waals surface area contributed by atoms with Crippen LogP contribution in [0, 0.1) is 0 Å². The summed E-state index contributed by atoms with van der Waals surface area (Å²) in [7, 11) is 8.07. The molecule has 120 valence electrons. The molecule has 0 unspecified atom stereocenters. The average molecular weight is 314 g/mol. The first-order valence-electron chi connectivity index (χ1n) is 6.89. The maximum absolute atomic E-state index is 4.10. The summed E-state index contributed by atoms with van der Waals surface area (Å²) < 4.78 is 0. The Morgan fingerprint density at radius 1 is 1.14 bits per heavy atom. The van der Waals surface area contributed by atoms with Gasteiger partial charge in [-0.3, -0.25) is 0 Å². The predicted molar refractivity (Wildman–Crippen MR) is 94.3 cm³/mol. The fourth-order valence-electron chi connectivity index (χ4n) is 1.25. The molecule has 0 N–H and O–H groups in total. The molecular formula is C15H28ClN5. The number of aliphatic imine (C=N–C) groups is 2. The number of pyridine rings is 1. The van der Waals surface area contributed by atoms with Crippen molar-refractivity contribution in [3.8, 4) is 0 Å². The third-order valence-electron chi connectivity index (χ3n) is 2.28. The van der Waals surface area contributed by atoms with E-state index in [2.05, 4.69) is 40.0 Å². The van der Waals surface area contributed by atoms with Crippen molar-refractivity contribution in [3.63, 3.8) is 0 Å². The van der Waals surface area contributed by atoms with Crippen LogP contribution in [0.15, 0.2) is 34.4 Å². The van der Waals surface area contributed by atoms with Gasteiger partial charge in [-0.2, -0.15) is 0 Å². The molecule has 1 aromatic heterocycles. The van der Waals surface area contributed by atoms with Gasteiger partial charge in [0.25, 0.3) is 0 Å². The van der Waals surface area contributed by atoms with E-state index in [4.69, 9.17) is 0 Å². The van der Waals surface area contributed by atoms with Gasteiger partial charge >= 0.3 is 0 Å². The molecule has 0 aromatic carbocycles. The third kappa shape index (κ3) is 14.8. The number of nitrogens with zero attached hydrogens (tertiary/aromatic N) is 5. The minimum absolute atomic E-state index is 0. The Morgan fingerprint density at radius 3 is 2.29 bits per heavy atom. The molecule has 0 saturated carbocycles. The molecule has 0 aliphatic heterocycles. The highest BCUT2D eigenvalue weighted by Gasteiger charge is 1.89. The number of hydrogen-bond acceptors (Lipinski definition) is 5. The van der Waals surface area contributed by atoms with E-state index in [1.165, 1.54) is 0 Å². The molecule has 1 heterocycles. The second-order valence-electron chi connectivity index (χ2n) is 4.70. The van der Waals surface area contributed by atoms with Gasteiger partial charge in [0.2, 0.25) is 0 Å². The summed E-state index contributed by atoms with van der Waals surface area (Å²) in [6.45, 7) is 4.67. The van der Waals surface area contributed by atoms with Gasteiger partial charge in [-0.25, -0.2) is 15.0 Å². The van der Waals surface area contributed by atoms with E-state index in [0.29, 0.717) is 0 Å². The summed E-state index contributed by atoms with van der Waals surface area (Å²) in [4.78, 5) is 16.1. The predicted octanol–water partition coefficient (Wildman–Crippen LogP) is 2.70. The normalized spacial score (nSPS) is 8.86. The summed E-state index contributed by atoms with van der Waals surface area (Å²) in [6.07, 6.45) is 2.87. The van der Waals surface area contributed by atoms with Crippen LogP contribution in [-0.4, -0.2) is 63.7 Å². The zero-order valence-corrected chi connectivity index (χ0v) is 14.6. The zero-order valence-electron chi connectivity index (χ0n) is 13.8. The van der Waals surface area contributed by atoms with Gasteiger partial charge in [-0.15, -0.1) is 12.4 Å². The van der Waals surface area contributed by atoms with E-state index >= 15 is 0 Å². The maximum Gasteiger partial charge on any atom is 0.127 e. The van der Waals surface area contributed by atoms with Crippen molar-refractivity contribution in [2.45, 2.75) is 13.3 Å². The smallest absolute Gasteiger partial charge is 0.127 e. The fraction of sp³-hybridized carbons (Fsp3) is 0.600. The van der Waals surface area contributed by atoms with Gasteiger partial charge in [0.1, 0.15) is 5.82 Å². The lowest BCUT2D eigenvalue weighted by Gasteiger charge is -2.08. The van der Waals surface area contributed by atoms with E-state index < -0.39 is 0 Å². The first-order chi connectivity index (χ1) is 9.57. The highest BCUT2D eigenvalue weighted by Crippen LogP contribution is 2.02. The number of aromatic nitrogens is 1. The van der Waals surface area contributed by atoms with Gasteiger partial charge in [0, 0.05) is 26.8 Å². The van der Waals surface area contributed by atoms with Crippen molar-refractivity contribution in [1.29, 1.82) is 0 Å². The second-order valence-corrected chi connectivity index (χ2v) is 4.70. The van der Waals surface area contributed by atoms with Crippen LogP contribution >= 0.6 is 12.4 Å². The first kappa shape index (κ1) is 21.9. The standard InChI is InChI=1S/C8H17N3.C7H10N2.ClH/c1-4-9-8-10-6-5-7-11(2)3;1-9(2)7-5-3-4-6-8-7;/h4-7H2,1-3H3;3-6H,1-2H3;1H. The molecule has 0 aliphatic rings. The summed E-state index contributed by atoms with van der Waals surface area (Å²) in [5.74, 6) is 0.998. The van der Waals surface area contributed by atoms with Crippen molar-refractivity contribution in [1.82, 2.24) is 9.88 Å². The van der Waals surface area contributed by atoms with Crippen LogP contribution in [-0.2, 0) is 0 Å². The Kier molecular flexibility index (Phi) is 15.6. The van der Waals surface area contributed by atoms with Crippen LogP contribution in [0.4, 0.5) is 5.82 Å². The van der Waals surface area contributed by atoms with Gasteiger partial charge in [0.15, 0.2) is 0 Å². The largest absolute Gasteiger partial charge is 0.363 e. The van der Waals surface area contributed by atoms with Crippen molar-refractivity contribution in [2.75, 3.05) is 52.7 Å². The van der Waals surface area contributed by atoms with Crippen LogP contribution in [0.3, 0.4) is 0 Å². The molecule has 0 radical (unpaired) electrons. The van der Waals surface area contributed by atoms with Crippen molar-refractivity contribution in [2.24, 2.45) is 9.98 Å². The van der Waals surface area contributed by atoms with E-state index in [9.17, 15) is 0 Å². The van der Waals surface area contributed by atoms with Crippen molar-refractivity contribution in [3.05, 3.63) is 24.4 Å². The second kappa shape index (κ2) is 15.0. The molecule has 1 aromatic rings. The van der Waals surface area contributed by atoms with Gasteiger partial charge in [-0.1, -0.05) is 6.07 Å². The van der Waals surface area contributed by atoms with Gasteiger partial charge in [-0.05, 0) is 46.1 Å². The highest BCUT2D eigenvalue weighted by molar-refractivity contribution is 5.85. The fourth-order valence-corrected chi connectivity index (χ4v) is 1.25. The Balaban J connectivity index is 0. The minimum atomic E-state index is 0. The molecule has 5 nitrogen and oxygen atoms in total. The molecule has 6 heteroatoms. The third-order valence-corrected chi connectivity index (χ3v) is 2.28. The molecule has 0 atom stereocenters. The zero-order chi connectivity index (χ0) is 15.2. The Bertz CT molecular complexity index is 386. The summed E-state index contributed by atoms with van der Waals surface area (Å²) in [5.41, 5.74) is 0. The lowest BCUT2D eigenvalue weighted by atomic mass is 10.4. The number of hydrogen-bond donors (Lipinski definition) is 0. The molecule has 0 aliphatic carbocycles. The van der Waals surface area contributed by atoms with E-state index in [-0.39, 0.29) is 12.4 Å². The van der Waals surface area contributed by atoms with Crippen molar-refractivity contribution >= 4 is 24.2 Å². The summed E-state index contributed by atoms with van der Waals surface area (Å²) in [5, 5.41) is 0. The Morgan fingerprint density at radius 2 is 1.86 bits per heavy atom. The maximum atomic E-state index is 4.10. The summed E-state index contributed by atoms with van der Waals surface area (Å²) >= 11 is 0. The number of halogens is 1. The molecule has 21 heavy (non-hydrogen) atoms. The quantitative estimate of drug-likeness (QED) is 0.599. The lowest BCUT2D eigenvalue weighted by molar-refractivity contribution is 0.403. The SMILES string of the molecule is CCN=C=NCCCN(C)C.CN(C)c1ccccn1.Cl. The number of anilines is 1. The van der Waals surface area contributed by atoms with E-state index in [1.807, 2.05) is 44.1 Å². The first-order valence-corrected chi connectivity index (χ1v) is 6.89. The molecule has 0 amide bonds. The van der Waals surface area contributed by atoms with Crippen LogP contribution in [0.2, 0.25) is 0 Å². The summed E-state index contributed by atoms with van der Waals surface area (Å²) in [6, 6.07) is 8.50. The Hall–Kier alpha value is -1.42. The highest BCUT2D eigenvalue weighted by atomic mass is 35.5. The topological polar surface area (TPSA) is 44.1 Å². The van der Waals surface area contributed by atoms with Crippen molar-refractivity contribution < 1.29 is 0 Å². The molecule has 1 rings (SSSR count). The van der Waals surface area contributed by atoms with Crippen LogP contribution < -0.4 is 4.90 Å². The monoisotopic (exact) mass is 313 g/mol. The number of rotatable bonds is 6. The molecular weight excluding hydrogens is 286 g/mol. The molecule has 0 spiro atoms. The van der Waals surface area contributed by atoms with Crippen LogP contribution in [0.1, 0.15) is 13.3 Å². The molecule has 0 saturated heterocycles. The van der Waals surface area contributed by atoms with Gasteiger partial charge < -0.3 is 9.80 Å². The minimum Gasteiger partial charge on any atom is -0.363 e. The van der Waals surface area contributed by atoms with E-state index in [1.54, 1.807) is 6.20 Å². The van der Waals surface area contributed by atoms with E-state index in [0.717, 1.165) is 31.9 Å². The van der Waals surface area contributed by atoms with Crippen LogP contribution in [0.5, 0.6) is 0 Å². The van der Waals surface area contributed by atoms with Gasteiger partial charge in [0.05, 0.1) is 12.6 Å². The van der Waals surface area contributed by atoms with Crippen LogP contribution in [0.25, 0.3) is 0 Å². The Labute approximate surface area is 135 Å².